The van der Waals surface area contributed by atoms with E-state index in [1.165, 1.54) is 0 Å². The molecule has 1 aliphatic rings. The molecule has 5 nitrogen and oxygen atoms in total. The van der Waals surface area contributed by atoms with Gasteiger partial charge in [-0.2, -0.15) is 4.98 Å². The standard InChI is InChI=1S/C14H25N5/c1-11-10-16-13(15-5)17-12(11)18-6-8-19(9-7-18)14(2,3)4/h10H,6-9H2,1-5H3,(H,15,16,17). The van der Waals surface area contributed by atoms with Crippen molar-refractivity contribution in [3.8, 4) is 0 Å². The molecule has 0 radical (unpaired) electrons. The molecular formula is C14H25N5. The van der Waals surface area contributed by atoms with Crippen LogP contribution in [0.2, 0.25) is 0 Å². The van der Waals surface area contributed by atoms with E-state index < -0.39 is 0 Å². The van der Waals surface area contributed by atoms with Gasteiger partial charge in [0.1, 0.15) is 5.82 Å². The van der Waals surface area contributed by atoms with Crippen LogP contribution in [0.15, 0.2) is 6.20 Å². The normalized spacial score (nSPS) is 17.6. The minimum absolute atomic E-state index is 0.253. The van der Waals surface area contributed by atoms with E-state index in [0.29, 0.717) is 5.95 Å². The van der Waals surface area contributed by atoms with Gasteiger partial charge in [0.2, 0.25) is 5.95 Å². The number of hydrogen-bond acceptors (Lipinski definition) is 5. The molecule has 0 aromatic carbocycles. The van der Waals surface area contributed by atoms with Crippen molar-refractivity contribution >= 4 is 11.8 Å². The maximum absolute atomic E-state index is 4.59. The smallest absolute Gasteiger partial charge is 0.224 e. The predicted octanol–water partition coefficient (Wildman–Crippen LogP) is 1.75. The lowest BCUT2D eigenvalue weighted by Crippen LogP contribution is -2.53. The van der Waals surface area contributed by atoms with Gasteiger partial charge in [0.05, 0.1) is 0 Å². The van der Waals surface area contributed by atoms with Crippen LogP contribution < -0.4 is 10.2 Å². The Hall–Kier alpha value is -1.36. The summed E-state index contributed by atoms with van der Waals surface area (Å²) in [7, 11) is 1.85. The summed E-state index contributed by atoms with van der Waals surface area (Å²) in [6, 6.07) is 0. The van der Waals surface area contributed by atoms with Crippen LogP contribution in [-0.2, 0) is 0 Å². The van der Waals surface area contributed by atoms with E-state index in [9.17, 15) is 0 Å². The predicted molar refractivity (Wildman–Crippen MR) is 79.9 cm³/mol. The van der Waals surface area contributed by atoms with Crippen LogP contribution in [-0.4, -0.2) is 53.6 Å². The first-order chi connectivity index (χ1) is 8.91. The van der Waals surface area contributed by atoms with Crippen molar-refractivity contribution in [2.75, 3.05) is 43.4 Å². The van der Waals surface area contributed by atoms with Crippen molar-refractivity contribution in [3.05, 3.63) is 11.8 Å². The third-order valence-corrected chi connectivity index (χ3v) is 3.70. The first-order valence-corrected chi connectivity index (χ1v) is 6.93. The van der Waals surface area contributed by atoms with E-state index in [0.717, 1.165) is 37.6 Å². The van der Waals surface area contributed by atoms with Gasteiger partial charge in [0.15, 0.2) is 0 Å². The zero-order chi connectivity index (χ0) is 14.0. The molecule has 0 spiro atoms. The molecule has 1 aromatic heterocycles. The average molecular weight is 263 g/mol. The molecule has 1 fully saturated rings. The fraction of sp³-hybridized carbons (Fsp3) is 0.714. The Labute approximate surface area is 116 Å². The number of aromatic nitrogens is 2. The topological polar surface area (TPSA) is 44.3 Å². The van der Waals surface area contributed by atoms with Crippen molar-refractivity contribution in [2.45, 2.75) is 33.2 Å². The molecule has 2 heterocycles. The average Bonchev–Trinajstić information content (AvgIpc) is 2.38. The van der Waals surface area contributed by atoms with E-state index in [1.54, 1.807) is 0 Å². The molecule has 19 heavy (non-hydrogen) atoms. The van der Waals surface area contributed by atoms with Gasteiger partial charge in [-0.05, 0) is 27.7 Å². The Bertz CT molecular complexity index is 430. The van der Waals surface area contributed by atoms with Crippen LogP contribution in [0.1, 0.15) is 26.3 Å². The van der Waals surface area contributed by atoms with Gasteiger partial charge in [-0.3, -0.25) is 4.90 Å². The minimum Gasteiger partial charge on any atom is -0.357 e. The highest BCUT2D eigenvalue weighted by molar-refractivity contribution is 5.49. The molecule has 1 N–H and O–H groups in total. The van der Waals surface area contributed by atoms with Crippen LogP contribution in [0.5, 0.6) is 0 Å². The fourth-order valence-electron chi connectivity index (χ4n) is 2.46. The third kappa shape index (κ3) is 3.15. The summed E-state index contributed by atoms with van der Waals surface area (Å²) in [5.74, 6) is 1.76. The lowest BCUT2D eigenvalue weighted by molar-refractivity contribution is 0.128. The summed E-state index contributed by atoms with van der Waals surface area (Å²) in [6.07, 6.45) is 1.89. The molecule has 1 aromatic rings. The number of anilines is 2. The molecule has 1 saturated heterocycles. The van der Waals surface area contributed by atoms with Crippen LogP contribution >= 0.6 is 0 Å². The highest BCUT2D eigenvalue weighted by Gasteiger charge is 2.26. The van der Waals surface area contributed by atoms with Crippen molar-refractivity contribution in [3.63, 3.8) is 0 Å². The number of piperazine rings is 1. The largest absolute Gasteiger partial charge is 0.357 e. The van der Waals surface area contributed by atoms with Crippen LogP contribution in [0.3, 0.4) is 0 Å². The summed E-state index contributed by atoms with van der Waals surface area (Å²) in [6.45, 7) is 13.1. The first kappa shape index (κ1) is 14.1. The second-order valence-electron chi connectivity index (χ2n) is 6.10. The zero-order valence-electron chi connectivity index (χ0n) is 12.7. The third-order valence-electron chi connectivity index (χ3n) is 3.70. The number of nitrogens with one attached hydrogen (secondary N) is 1. The van der Waals surface area contributed by atoms with Gasteiger partial charge >= 0.3 is 0 Å². The Morgan fingerprint density at radius 1 is 1.16 bits per heavy atom. The molecule has 0 aliphatic carbocycles. The Morgan fingerprint density at radius 3 is 2.32 bits per heavy atom. The molecule has 0 saturated carbocycles. The van der Waals surface area contributed by atoms with Crippen molar-refractivity contribution in [2.24, 2.45) is 0 Å². The Kier molecular flexibility index (Phi) is 3.94. The molecule has 2 rings (SSSR count). The van der Waals surface area contributed by atoms with E-state index in [-0.39, 0.29) is 5.54 Å². The van der Waals surface area contributed by atoms with Crippen LogP contribution in [0, 0.1) is 6.92 Å². The Morgan fingerprint density at radius 2 is 1.79 bits per heavy atom. The van der Waals surface area contributed by atoms with Crippen molar-refractivity contribution < 1.29 is 0 Å². The molecule has 0 bridgehead atoms. The van der Waals surface area contributed by atoms with Gasteiger partial charge in [-0.25, -0.2) is 4.98 Å². The second kappa shape index (κ2) is 5.33. The zero-order valence-corrected chi connectivity index (χ0v) is 12.7. The number of hydrogen-bond donors (Lipinski definition) is 1. The van der Waals surface area contributed by atoms with E-state index in [1.807, 2.05) is 13.2 Å². The molecular weight excluding hydrogens is 238 g/mol. The highest BCUT2D eigenvalue weighted by atomic mass is 15.3. The SMILES string of the molecule is CNc1ncc(C)c(N2CCN(C(C)(C)C)CC2)n1. The monoisotopic (exact) mass is 263 g/mol. The van der Waals surface area contributed by atoms with E-state index in [4.69, 9.17) is 0 Å². The number of aryl methyl sites for hydroxylation is 1. The summed E-state index contributed by atoms with van der Waals surface area (Å²) >= 11 is 0. The quantitative estimate of drug-likeness (QED) is 0.880. The molecule has 0 unspecified atom stereocenters. The molecule has 5 heteroatoms. The summed E-state index contributed by atoms with van der Waals surface area (Å²) in [5, 5.41) is 3.01. The lowest BCUT2D eigenvalue weighted by Gasteiger charge is -2.42. The Balaban J connectivity index is 2.09. The van der Waals surface area contributed by atoms with Gasteiger partial charge < -0.3 is 10.2 Å². The number of rotatable bonds is 2. The number of nitrogens with zero attached hydrogens (tertiary/aromatic N) is 4. The van der Waals surface area contributed by atoms with Gasteiger partial charge in [0.25, 0.3) is 0 Å². The van der Waals surface area contributed by atoms with Crippen LogP contribution in [0.4, 0.5) is 11.8 Å². The van der Waals surface area contributed by atoms with Gasteiger partial charge in [-0.15, -0.1) is 0 Å². The summed E-state index contributed by atoms with van der Waals surface area (Å²) < 4.78 is 0. The van der Waals surface area contributed by atoms with Gasteiger partial charge in [-0.1, -0.05) is 0 Å². The molecule has 106 valence electrons. The molecule has 1 aliphatic heterocycles. The highest BCUT2D eigenvalue weighted by Crippen LogP contribution is 2.22. The fourth-order valence-corrected chi connectivity index (χ4v) is 2.46. The molecule has 0 amide bonds. The molecule has 0 atom stereocenters. The van der Waals surface area contributed by atoms with Crippen molar-refractivity contribution in [1.29, 1.82) is 0 Å². The minimum atomic E-state index is 0.253. The second-order valence-corrected chi connectivity index (χ2v) is 6.10. The summed E-state index contributed by atoms with van der Waals surface area (Å²) in [5.41, 5.74) is 1.39. The van der Waals surface area contributed by atoms with Crippen LogP contribution in [0.25, 0.3) is 0 Å². The summed E-state index contributed by atoms with van der Waals surface area (Å²) in [4.78, 5) is 13.7. The van der Waals surface area contributed by atoms with E-state index >= 15 is 0 Å². The van der Waals surface area contributed by atoms with Gasteiger partial charge in [0, 0.05) is 50.5 Å². The maximum atomic E-state index is 4.59. The van der Waals surface area contributed by atoms with E-state index in [2.05, 4.69) is 52.8 Å². The lowest BCUT2D eigenvalue weighted by atomic mass is 10.0. The first-order valence-electron chi connectivity index (χ1n) is 6.93. The van der Waals surface area contributed by atoms with Crippen molar-refractivity contribution in [1.82, 2.24) is 14.9 Å². The maximum Gasteiger partial charge on any atom is 0.224 e.